The zero-order valence-corrected chi connectivity index (χ0v) is 9.43. The predicted octanol–water partition coefficient (Wildman–Crippen LogP) is 1.30. The van der Waals surface area contributed by atoms with Crippen molar-refractivity contribution in [1.82, 2.24) is 9.97 Å². The van der Waals surface area contributed by atoms with Gasteiger partial charge in [0.15, 0.2) is 0 Å². The Morgan fingerprint density at radius 3 is 2.86 bits per heavy atom. The second kappa shape index (κ2) is 5.17. The topological polar surface area (TPSA) is 58.0 Å². The van der Waals surface area contributed by atoms with E-state index in [0.29, 0.717) is 5.95 Å². The summed E-state index contributed by atoms with van der Waals surface area (Å²) < 4.78 is 0. The monoisotopic (exact) mass is 213 g/mol. The van der Waals surface area contributed by atoms with Crippen LogP contribution in [0.15, 0.2) is 11.1 Å². The fourth-order valence-corrected chi connectivity index (χ4v) is 1.82. The molecule has 4 nitrogen and oxygen atoms in total. The van der Waals surface area contributed by atoms with Crippen LogP contribution in [0.25, 0.3) is 0 Å². The molecule has 0 saturated carbocycles. The summed E-state index contributed by atoms with van der Waals surface area (Å²) in [5, 5.41) is 12.9. The molecule has 0 saturated heterocycles. The smallest absolute Gasteiger partial charge is 0.223 e. The molecule has 0 aromatic carbocycles. The molecule has 0 aliphatic rings. The Morgan fingerprint density at radius 1 is 1.57 bits per heavy atom. The quantitative estimate of drug-likeness (QED) is 0.583. The molecule has 0 aliphatic carbocycles. The predicted molar refractivity (Wildman–Crippen MR) is 58.7 cm³/mol. The number of nitrogens with zero attached hydrogens (tertiary/aromatic N) is 2. The number of hydrogen-bond donors (Lipinski definition) is 2. The standard InChI is InChI=1S/C9H15N3OS/c1-6-4-8(14-7(2)5-13)12-9(10-3)11-6/h4,7,13H,5H2,1-3H3,(H,10,11,12). The Bertz CT molecular complexity index is 306. The Kier molecular flexibility index (Phi) is 4.16. The average molecular weight is 213 g/mol. The third kappa shape index (κ3) is 3.16. The molecule has 78 valence electrons. The van der Waals surface area contributed by atoms with Crippen molar-refractivity contribution in [2.75, 3.05) is 19.0 Å². The molecule has 2 N–H and O–H groups in total. The summed E-state index contributed by atoms with van der Waals surface area (Å²) >= 11 is 1.55. The molecule has 0 aliphatic heterocycles. The van der Waals surface area contributed by atoms with Gasteiger partial charge in [0.1, 0.15) is 5.03 Å². The lowest BCUT2D eigenvalue weighted by atomic mass is 10.5. The Hall–Kier alpha value is -0.810. The molecular weight excluding hydrogens is 198 g/mol. The van der Waals surface area contributed by atoms with E-state index in [0.717, 1.165) is 10.7 Å². The Balaban J connectivity index is 2.81. The van der Waals surface area contributed by atoms with E-state index in [1.54, 1.807) is 18.8 Å². The number of aromatic nitrogens is 2. The number of rotatable bonds is 4. The minimum absolute atomic E-state index is 0.155. The van der Waals surface area contributed by atoms with Crippen LogP contribution < -0.4 is 5.32 Å². The highest BCUT2D eigenvalue weighted by Crippen LogP contribution is 2.22. The van der Waals surface area contributed by atoms with Crippen LogP contribution in [0.1, 0.15) is 12.6 Å². The molecule has 1 aromatic heterocycles. The first-order valence-electron chi connectivity index (χ1n) is 4.46. The fraction of sp³-hybridized carbons (Fsp3) is 0.556. The zero-order valence-electron chi connectivity index (χ0n) is 8.61. The van der Waals surface area contributed by atoms with E-state index in [-0.39, 0.29) is 11.9 Å². The largest absolute Gasteiger partial charge is 0.395 e. The van der Waals surface area contributed by atoms with Crippen LogP contribution in [0.5, 0.6) is 0 Å². The first-order valence-corrected chi connectivity index (χ1v) is 5.34. The minimum Gasteiger partial charge on any atom is -0.395 e. The van der Waals surface area contributed by atoms with Gasteiger partial charge in [-0.2, -0.15) is 0 Å². The maximum absolute atomic E-state index is 8.91. The summed E-state index contributed by atoms with van der Waals surface area (Å²) in [7, 11) is 1.79. The second-order valence-corrected chi connectivity index (χ2v) is 4.49. The van der Waals surface area contributed by atoms with Crippen LogP contribution in [0.3, 0.4) is 0 Å². The Morgan fingerprint density at radius 2 is 2.29 bits per heavy atom. The fourth-order valence-electron chi connectivity index (χ4n) is 0.955. The van der Waals surface area contributed by atoms with E-state index in [9.17, 15) is 0 Å². The van der Waals surface area contributed by atoms with E-state index < -0.39 is 0 Å². The summed E-state index contributed by atoms with van der Waals surface area (Å²) in [6.07, 6.45) is 0. The van der Waals surface area contributed by atoms with Gasteiger partial charge in [-0.1, -0.05) is 6.92 Å². The lowest BCUT2D eigenvalue weighted by Gasteiger charge is -2.08. The van der Waals surface area contributed by atoms with Crippen LogP contribution >= 0.6 is 11.8 Å². The molecule has 1 atom stereocenters. The van der Waals surface area contributed by atoms with Crippen molar-refractivity contribution in [1.29, 1.82) is 0 Å². The van der Waals surface area contributed by atoms with Gasteiger partial charge in [0, 0.05) is 18.0 Å². The summed E-state index contributed by atoms with van der Waals surface area (Å²) in [5.41, 5.74) is 0.928. The van der Waals surface area contributed by atoms with Crippen LogP contribution in [-0.4, -0.2) is 34.0 Å². The first-order chi connectivity index (χ1) is 6.65. The number of nitrogens with one attached hydrogen (secondary N) is 1. The maximum atomic E-state index is 8.91. The number of aliphatic hydroxyl groups excluding tert-OH is 1. The van der Waals surface area contributed by atoms with E-state index in [1.807, 2.05) is 19.9 Å². The zero-order chi connectivity index (χ0) is 10.6. The highest BCUT2D eigenvalue weighted by Gasteiger charge is 2.06. The molecule has 1 rings (SSSR count). The van der Waals surface area contributed by atoms with Gasteiger partial charge in [0.25, 0.3) is 0 Å². The normalized spacial score (nSPS) is 12.6. The lowest BCUT2D eigenvalue weighted by Crippen LogP contribution is -2.04. The minimum atomic E-state index is 0.155. The molecule has 1 heterocycles. The van der Waals surface area contributed by atoms with Crippen molar-refractivity contribution >= 4 is 17.7 Å². The van der Waals surface area contributed by atoms with Crippen LogP contribution in [-0.2, 0) is 0 Å². The van der Waals surface area contributed by atoms with Crippen LogP contribution in [0.4, 0.5) is 5.95 Å². The molecule has 0 amide bonds. The second-order valence-electron chi connectivity index (χ2n) is 3.03. The van der Waals surface area contributed by atoms with Gasteiger partial charge in [-0.25, -0.2) is 9.97 Å². The van der Waals surface area contributed by atoms with Crippen LogP contribution in [0, 0.1) is 6.92 Å². The van der Waals surface area contributed by atoms with Gasteiger partial charge in [-0.15, -0.1) is 11.8 Å². The molecule has 0 bridgehead atoms. The number of thioether (sulfide) groups is 1. The summed E-state index contributed by atoms with van der Waals surface area (Å²) in [6, 6.07) is 1.91. The van der Waals surface area contributed by atoms with E-state index in [1.165, 1.54) is 0 Å². The maximum Gasteiger partial charge on any atom is 0.223 e. The van der Waals surface area contributed by atoms with Crippen molar-refractivity contribution in [3.8, 4) is 0 Å². The van der Waals surface area contributed by atoms with Gasteiger partial charge in [-0.05, 0) is 13.0 Å². The molecule has 0 spiro atoms. The van der Waals surface area contributed by atoms with Gasteiger partial charge in [0.05, 0.1) is 6.61 Å². The lowest BCUT2D eigenvalue weighted by molar-refractivity contribution is 0.300. The van der Waals surface area contributed by atoms with Crippen molar-refractivity contribution in [2.24, 2.45) is 0 Å². The molecule has 14 heavy (non-hydrogen) atoms. The number of hydrogen-bond acceptors (Lipinski definition) is 5. The molecule has 0 radical (unpaired) electrons. The van der Waals surface area contributed by atoms with E-state index in [2.05, 4.69) is 15.3 Å². The SMILES string of the molecule is CNc1nc(C)cc(SC(C)CO)n1. The van der Waals surface area contributed by atoms with Gasteiger partial charge >= 0.3 is 0 Å². The summed E-state index contributed by atoms with van der Waals surface area (Å²) in [4.78, 5) is 8.46. The Labute approximate surface area is 88.2 Å². The third-order valence-corrected chi connectivity index (χ3v) is 2.64. The van der Waals surface area contributed by atoms with E-state index >= 15 is 0 Å². The van der Waals surface area contributed by atoms with E-state index in [4.69, 9.17) is 5.11 Å². The highest BCUT2D eigenvalue weighted by molar-refractivity contribution is 7.99. The van der Waals surface area contributed by atoms with Crippen molar-refractivity contribution < 1.29 is 5.11 Å². The van der Waals surface area contributed by atoms with Crippen LogP contribution in [0.2, 0.25) is 0 Å². The van der Waals surface area contributed by atoms with Gasteiger partial charge < -0.3 is 10.4 Å². The van der Waals surface area contributed by atoms with Gasteiger partial charge in [-0.3, -0.25) is 0 Å². The summed E-state index contributed by atoms with van der Waals surface area (Å²) in [5.74, 6) is 0.623. The van der Waals surface area contributed by atoms with Crippen molar-refractivity contribution in [3.63, 3.8) is 0 Å². The van der Waals surface area contributed by atoms with Crippen molar-refractivity contribution in [3.05, 3.63) is 11.8 Å². The molecular formula is C9H15N3OS. The number of aryl methyl sites for hydroxylation is 1. The molecule has 1 aromatic rings. The van der Waals surface area contributed by atoms with Gasteiger partial charge in [0.2, 0.25) is 5.95 Å². The van der Waals surface area contributed by atoms with Crippen molar-refractivity contribution in [2.45, 2.75) is 24.1 Å². The average Bonchev–Trinajstić information content (AvgIpc) is 2.16. The third-order valence-electron chi connectivity index (χ3n) is 1.63. The number of anilines is 1. The number of aliphatic hydroxyl groups is 1. The molecule has 5 heteroatoms. The molecule has 0 fully saturated rings. The summed E-state index contributed by atoms with van der Waals surface area (Å²) in [6.45, 7) is 4.04. The molecule has 1 unspecified atom stereocenters. The first kappa shape index (κ1) is 11.3. The highest BCUT2D eigenvalue weighted by atomic mass is 32.2.